The number of aromatic nitrogens is 2. The van der Waals surface area contributed by atoms with Crippen LogP contribution in [0.3, 0.4) is 0 Å². The molecule has 0 unspecified atom stereocenters. The molecule has 0 saturated heterocycles. The summed E-state index contributed by atoms with van der Waals surface area (Å²) in [7, 11) is 0. The first-order valence-electron chi connectivity index (χ1n) is 4.43. The number of nitrogens with one attached hydrogen (secondary N) is 1. The average Bonchev–Trinajstić information content (AvgIpc) is 2.61. The van der Waals surface area contributed by atoms with Gasteiger partial charge >= 0.3 is 0 Å². The predicted molar refractivity (Wildman–Crippen MR) is 62.9 cm³/mol. The van der Waals surface area contributed by atoms with Crippen molar-refractivity contribution in [3.63, 3.8) is 0 Å². The molecule has 2 aromatic rings. The van der Waals surface area contributed by atoms with E-state index >= 15 is 0 Å². The quantitative estimate of drug-likeness (QED) is 0.641. The Morgan fingerprint density at radius 2 is 2.50 bits per heavy atom. The number of H-pyrrole nitrogens is 1. The summed E-state index contributed by atoms with van der Waals surface area (Å²) in [5.74, 6) is 0.602. The van der Waals surface area contributed by atoms with E-state index in [1.165, 1.54) is 23.1 Å². The van der Waals surface area contributed by atoms with Gasteiger partial charge < -0.3 is 10.1 Å². The number of aromatic hydroxyl groups is 1. The number of hydrogen-bond donors (Lipinski definition) is 2. The van der Waals surface area contributed by atoms with E-state index in [0.29, 0.717) is 22.5 Å². The van der Waals surface area contributed by atoms with Gasteiger partial charge in [-0.25, -0.2) is 4.98 Å². The van der Waals surface area contributed by atoms with E-state index < -0.39 is 0 Å². The molecule has 0 saturated carbocycles. The first-order chi connectivity index (χ1) is 7.70. The summed E-state index contributed by atoms with van der Waals surface area (Å²) in [6.07, 6.45) is 0.448. The molecule has 2 heterocycles. The average molecular weight is 253 g/mol. The smallest absolute Gasteiger partial charge is 0.253 e. The molecule has 2 rings (SSSR count). The van der Waals surface area contributed by atoms with Crippen LogP contribution in [0.5, 0.6) is 5.75 Å². The summed E-state index contributed by atoms with van der Waals surface area (Å²) in [5.41, 5.74) is 0.0262. The fourth-order valence-corrected chi connectivity index (χ4v) is 3.07. The van der Waals surface area contributed by atoms with E-state index in [1.54, 1.807) is 0 Å². The number of fused-ring (bicyclic) bond motifs is 1. The third kappa shape index (κ3) is 2.18. The molecule has 0 radical (unpaired) electrons. The van der Waals surface area contributed by atoms with Gasteiger partial charge in [-0.05, 0) is 0 Å². The lowest BCUT2D eigenvalue weighted by Gasteiger charge is -1.89. The van der Waals surface area contributed by atoms with E-state index in [1.807, 2.05) is 6.07 Å². The summed E-state index contributed by atoms with van der Waals surface area (Å²) < 4.78 is 1.31. The molecule has 0 spiro atoms. The number of nitrogens with zero attached hydrogens (tertiary/aromatic N) is 2. The van der Waals surface area contributed by atoms with Gasteiger partial charge in [0.05, 0.1) is 6.07 Å². The summed E-state index contributed by atoms with van der Waals surface area (Å²) in [6.45, 7) is 0. The molecule has 82 valence electrons. The maximum Gasteiger partial charge on any atom is 0.253 e. The number of aromatic amines is 1. The molecule has 2 N–H and O–H groups in total. The van der Waals surface area contributed by atoms with Crippen LogP contribution in [0.2, 0.25) is 0 Å². The van der Waals surface area contributed by atoms with Crippen LogP contribution in [0.25, 0.3) is 10.3 Å². The van der Waals surface area contributed by atoms with Crippen molar-refractivity contribution < 1.29 is 5.11 Å². The highest BCUT2D eigenvalue weighted by molar-refractivity contribution is 8.01. The predicted octanol–water partition coefficient (Wildman–Crippen LogP) is 1.70. The zero-order chi connectivity index (χ0) is 11.5. The van der Waals surface area contributed by atoms with Crippen molar-refractivity contribution in [1.29, 1.82) is 5.26 Å². The highest BCUT2D eigenvalue weighted by atomic mass is 32.2. The van der Waals surface area contributed by atoms with Gasteiger partial charge in [-0.3, -0.25) is 4.79 Å². The van der Waals surface area contributed by atoms with Crippen molar-refractivity contribution in [2.75, 3.05) is 5.75 Å². The van der Waals surface area contributed by atoms with Crippen molar-refractivity contribution in [1.82, 2.24) is 9.97 Å². The molecule has 0 aliphatic rings. The summed E-state index contributed by atoms with van der Waals surface area (Å²) >= 11 is 2.74. The van der Waals surface area contributed by atoms with Gasteiger partial charge in [-0.15, -0.1) is 11.3 Å². The van der Waals surface area contributed by atoms with Crippen LogP contribution >= 0.6 is 23.1 Å². The largest absolute Gasteiger partial charge is 0.506 e. The van der Waals surface area contributed by atoms with Gasteiger partial charge in [0.2, 0.25) is 0 Å². The van der Waals surface area contributed by atoms with Crippen molar-refractivity contribution in [2.24, 2.45) is 0 Å². The Morgan fingerprint density at radius 3 is 3.25 bits per heavy atom. The zero-order valence-corrected chi connectivity index (χ0v) is 9.69. The Bertz CT molecular complexity index is 611. The standard InChI is InChI=1S/C9H7N3O2S2/c10-2-1-3-15-9-12-8-7(16-9)5(13)4-6(14)11-8/h4H,1,3H2,(H2,11,13,14). The van der Waals surface area contributed by atoms with Crippen LogP contribution in [-0.2, 0) is 0 Å². The third-order valence-electron chi connectivity index (χ3n) is 1.79. The molecular weight excluding hydrogens is 246 g/mol. The number of thioether (sulfide) groups is 1. The van der Waals surface area contributed by atoms with Gasteiger partial charge in [0, 0.05) is 18.2 Å². The molecule has 0 aromatic carbocycles. The fraction of sp³-hybridized carbons (Fsp3) is 0.222. The fourth-order valence-electron chi connectivity index (χ4n) is 1.15. The van der Waals surface area contributed by atoms with Crippen LogP contribution in [0.15, 0.2) is 15.2 Å². The van der Waals surface area contributed by atoms with Crippen molar-refractivity contribution in [2.45, 2.75) is 10.8 Å². The molecule has 16 heavy (non-hydrogen) atoms. The van der Waals surface area contributed by atoms with Gasteiger partial charge in [0.15, 0.2) is 9.99 Å². The van der Waals surface area contributed by atoms with Gasteiger partial charge in [-0.1, -0.05) is 11.8 Å². The maximum absolute atomic E-state index is 11.1. The van der Waals surface area contributed by atoms with E-state index in [2.05, 4.69) is 9.97 Å². The highest BCUT2D eigenvalue weighted by Crippen LogP contribution is 2.32. The molecule has 7 heteroatoms. The molecule has 0 fully saturated rings. The first-order valence-corrected chi connectivity index (χ1v) is 6.23. The Kier molecular flexibility index (Phi) is 3.12. The van der Waals surface area contributed by atoms with Crippen molar-refractivity contribution >= 4 is 33.4 Å². The van der Waals surface area contributed by atoms with Crippen LogP contribution < -0.4 is 5.56 Å². The van der Waals surface area contributed by atoms with Gasteiger partial charge in [-0.2, -0.15) is 5.26 Å². The first kappa shape index (κ1) is 11.0. The molecular formula is C9H7N3O2S2. The summed E-state index contributed by atoms with van der Waals surface area (Å²) in [4.78, 5) is 17.8. The van der Waals surface area contributed by atoms with Crippen LogP contribution in [0.1, 0.15) is 6.42 Å². The van der Waals surface area contributed by atoms with Crippen LogP contribution in [0, 0.1) is 11.3 Å². The molecule has 0 aliphatic carbocycles. The SMILES string of the molecule is N#CCCSc1nc2[nH]c(=O)cc(O)c2s1. The van der Waals surface area contributed by atoms with E-state index in [9.17, 15) is 9.90 Å². The minimum Gasteiger partial charge on any atom is -0.506 e. The summed E-state index contributed by atoms with van der Waals surface area (Å²) in [6, 6.07) is 3.17. The minimum absolute atomic E-state index is 0.0524. The second kappa shape index (κ2) is 4.55. The molecule has 0 atom stereocenters. The topological polar surface area (TPSA) is 89.8 Å². The van der Waals surface area contributed by atoms with E-state index in [-0.39, 0.29) is 11.3 Å². The number of thiazole rings is 1. The Hall–Kier alpha value is -1.52. The number of pyridine rings is 1. The Labute approximate surface area is 98.8 Å². The van der Waals surface area contributed by atoms with Gasteiger partial charge in [0.25, 0.3) is 5.56 Å². The molecule has 0 bridgehead atoms. The van der Waals surface area contributed by atoms with Gasteiger partial charge in [0.1, 0.15) is 10.4 Å². The lowest BCUT2D eigenvalue weighted by Crippen LogP contribution is -2.02. The molecule has 5 nitrogen and oxygen atoms in total. The van der Waals surface area contributed by atoms with Crippen LogP contribution in [-0.4, -0.2) is 20.8 Å². The second-order valence-electron chi connectivity index (χ2n) is 2.93. The second-order valence-corrected chi connectivity index (χ2v) is 5.27. The third-order valence-corrected chi connectivity index (χ3v) is 4.01. The number of hydrogen-bond acceptors (Lipinski definition) is 6. The molecule has 0 aliphatic heterocycles. The lowest BCUT2D eigenvalue weighted by atomic mass is 10.4. The lowest BCUT2D eigenvalue weighted by molar-refractivity contribution is 0.481. The van der Waals surface area contributed by atoms with Crippen molar-refractivity contribution in [3.05, 3.63) is 16.4 Å². The number of rotatable bonds is 3. The summed E-state index contributed by atoms with van der Waals surface area (Å²) in [5, 5.41) is 17.9. The normalized spacial score (nSPS) is 10.4. The Balaban J connectivity index is 2.34. The number of nitriles is 1. The van der Waals surface area contributed by atoms with Crippen LogP contribution in [0.4, 0.5) is 0 Å². The minimum atomic E-state index is -0.371. The molecule has 2 aromatic heterocycles. The zero-order valence-electron chi connectivity index (χ0n) is 8.06. The van der Waals surface area contributed by atoms with Crippen molar-refractivity contribution in [3.8, 4) is 11.8 Å². The van der Waals surface area contributed by atoms with E-state index in [0.717, 1.165) is 10.4 Å². The maximum atomic E-state index is 11.1. The Morgan fingerprint density at radius 1 is 1.69 bits per heavy atom. The van der Waals surface area contributed by atoms with E-state index in [4.69, 9.17) is 5.26 Å². The highest BCUT2D eigenvalue weighted by Gasteiger charge is 2.09. The monoisotopic (exact) mass is 253 g/mol. The molecule has 0 amide bonds.